The van der Waals surface area contributed by atoms with Crippen molar-refractivity contribution in [2.24, 2.45) is 21.7 Å². The summed E-state index contributed by atoms with van der Waals surface area (Å²) in [7, 11) is 0. The van der Waals surface area contributed by atoms with Crippen LogP contribution in [0.15, 0.2) is 46.6 Å². The van der Waals surface area contributed by atoms with Crippen LogP contribution in [0.5, 0.6) is 0 Å². The zero-order chi connectivity index (χ0) is 11.4. The molecule has 0 radical (unpaired) electrons. The highest BCUT2D eigenvalue weighted by molar-refractivity contribution is 5.85. The molecule has 0 saturated carbocycles. The van der Waals surface area contributed by atoms with Crippen LogP contribution >= 0.6 is 0 Å². The smallest absolute Gasteiger partial charge is 0.211 e. The molecule has 5 nitrogen and oxygen atoms in total. The molecule has 4 N–H and O–H groups in total. The lowest BCUT2D eigenvalue weighted by Gasteiger charge is -1.96. The third kappa shape index (κ3) is 2.33. The summed E-state index contributed by atoms with van der Waals surface area (Å²) >= 11 is 0. The number of rotatable bonds is 2. The molecule has 0 spiro atoms. The molecule has 0 saturated heterocycles. The average molecular weight is 213 g/mol. The number of benzene rings is 1. The minimum atomic E-state index is -0.0722. The van der Waals surface area contributed by atoms with E-state index in [-0.39, 0.29) is 5.96 Å². The average Bonchev–Trinajstić information content (AvgIpc) is 2.28. The van der Waals surface area contributed by atoms with Crippen molar-refractivity contribution in [3.05, 3.63) is 42.1 Å². The maximum atomic E-state index is 5.14. The third-order valence-corrected chi connectivity index (χ3v) is 1.98. The van der Waals surface area contributed by atoms with Gasteiger partial charge < -0.3 is 11.5 Å². The minimum Gasteiger partial charge on any atom is -0.369 e. The highest BCUT2D eigenvalue weighted by Crippen LogP contribution is 2.10. The lowest BCUT2D eigenvalue weighted by molar-refractivity contribution is 1.21. The first kappa shape index (κ1) is 10.1. The van der Waals surface area contributed by atoms with Crippen LogP contribution in [0, 0.1) is 0 Å². The van der Waals surface area contributed by atoms with Crippen molar-refractivity contribution in [1.82, 2.24) is 4.98 Å². The first-order valence-electron chi connectivity index (χ1n) is 4.73. The van der Waals surface area contributed by atoms with Crippen molar-refractivity contribution in [2.75, 3.05) is 0 Å². The SMILES string of the molecule is NC(N)=NN=Cc1ccc2ccccc2n1. The summed E-state index contributed by atoms with van der Waals surface area (Å²) in [6.45, 7) is 0. The number of hydrogen-bond acceptors (Lipinski definition) is 3. The molecule has 0 amide bonds. The minimum absolute atomic E-state index is 0.0722. The number of para-hydroxylation sites is 1. The summed E-state index contributed by atoms with van der Waals surface area (Å²) in [5.74, 6) is -0.0722. The zero-order valence-electron chi connectivity index (χ0n) is 8.54. The Balaban J connectivity index is 2.33. The summed E-state index contributed by atoms with van der Waals surface area (Å²) in [6, 6.07) is 11.7. The molecule has 1 aromatic carbocycles. The molecular weight excluding hydrogens is 202 g/mol. The molecule has 0 fully saturated rings. The van der Waals surface area contributed by atoms with Gasteiger partial charge in [0, 0.05) is 5.39 Å². The van der Waals surface area contributed by atoms with Gasteiger partial charge in [-0.25, -0.2) is 4.98 Å². The van der Waals surface area contributed by atoms with Crippen LogP contribution in [0.4, 0.5) is 0 Å². The molecule has 0 atom stereocenters. The van der Waals surface area contributed by atoms with E-state index in [0.29, 0.717) is 5.69 Å². The monoisotopic (exact) mass is 213 g/mol. The van der Waals surface area contributed by atoms with E-state index >= 15 is 0 Å². The van der Waals surface area contributed by atoms with Gasteiger partial charge >= 0.3 is 0 Å². The molecule has 2 rings (SSSR count). The summed E-state index contributed by atoms with van der Waals surface area (Å²) in [5.41, 5.74) is 11.9. The highest BCUT2D eigenvalue weighted by Gasteiger charge is 1.94. The van der Waals surface area contributed by atoms with E-state index in [2.05, 4.69) is 15.2 Å². The summed E-state index contributed by atoms with van der Waals surface area (Å²) in [5, 5.41) is 8.28. The van der Waals surface area contributed by atoms with Crippen LogP contribution in [-0.4, -0.2) is 17.2 Å². The van der Waals surface area contributed by atoms with Crippen LogP contribution in [0.3, 0.4) is 0 Å². The summed E-state index contributed by atoms with van der Waals surface area (Å²) in [4.78, 5) is 4.37. The van der Waals surface area contributed by atoms with Crippen LogP contribution in [-0.2, 0) is 0 Å². The molecule has 2 aromatic rings. The lowest BCUT2D eigenvalue weighted by atomic mass is 10.2. The largest absolute Gasteiger partial charge is 0.369 e. The normalized spacial score (nSPS) is 10.8. The van der Waals surface area contributed by atoms with E-state index in [1.807, 2.05) is 36.4 Å². The number of guanidine groups is 1. The van der Waals surface area contributed by atoms with E-state index in [1.165, 1.54) is 6.21 Å². The Morgan fingerprint density at radius 3 is 2.75 bits per heavy atom. The Hall–Kier alpha value is -2.43. The topological polar surface area (TPSA) is 89.7 Å². The van der Waals surface area contributed by atoms with Gasteiger partial charge in [0.2, 0.25) is 5.96 Å². The number of nitrogens with two attached hydrogens (primary N) is 2. The quantitative estimate of drug-likeness (QED) is 0.440. The van der Waals surface area contributed by atoms with Crippen molar-refractivity contribution in [3.8, 4) is 0 Å². The molecule has 5 heteroatoms. The Bertz CT molecular complexity index is 555. The van der Waals surface area contributed by atoms with Gasteiger partial charge in [-0.2, -0.15) is 5.10 Å². The first-order valence-corrected chi connectivity index (χ1v) is 4.73. The van der Waals surface area contributed by atoms with Crippen LogP contribution in [0.25, 0.3) is 10.9 Å². The molecule has 0 unspecified atom stereocenters. The number of aromatic nitrogens is 1. The maximum Gasteiger partial charge on any atom is 0.211 e. The highest BCUT2D eigenvalue weighted by atomic mass is 15.3. The predicted octanol–water partition coefficient (Wildman–Crippen LogP) is 0.842. The van der Waals surface area contributed by atoms with Gasteiger partial charge in [-0.15, -0.1) is 5.10 Å². The zero-order valence-corrected chi connectivity index (χ0v) is 8.54. The van der Waals surface area contributed by atoms with Gasteiger partial charge in [0.05, 0.1) is 17.4 Å². The van der Waals surface area contributed by atoms with Crippen LogP contribution in [0.2, 0.25) is 0 Å². The second kappa shape index (κ2) is 4.39. The predicted molar refractivity (Wildman–Crippen MR) is 65.1 cm³/mol. The van der Waals surface area contributed by atoms with Crippen LogP contribution < -0.4 is 11.5 Å². The molecular formula is C11H11N5. The van der Waals surface area contributed by atoms with Crippen molar-refractivity contribution in [1.29, 1.82) is 0 Å². The second-order valence-electron chi connectivity index (χ2n) is 3.20. The Morgan fingerprint density at radius 1 is 1.12 bits per heavy atom. The number of nitrogens with zero attached hydrogens (tertiary/aromatic N) is 3. The molecule has 1 aromatic heterocycles. The van der Waals surface area contributed by atoms with Gasteiger partial charge in [0.15, 0.2) is 0 Å². The Morgan fingerprint density at radius 2 is 1.94 bits per heavy atom. The van der Waals surface area contributed by atoms with Crippen molar-refractivity contribution >= 4 is 23.1 Å². The van der Waals surface area contributed by atoms with Gasteiger partial charge in [0.25, 0.3) is 0 Å². The molecule has 0 aliphatic rings. The summed E-state index contributed by atoms with van der Waals surface area (Å²) < 4.78 is 0. The van der Waals surface area contributed by atoms with E-state index in [1.54, 1.807) is 0 Å². The lowest BCUT2D eigenvalue weighted by Crippen LogP contribution is -2.21. The number of fused-ring (bicyclic) bond motifs is 1. The third-order valence-electron chi connectivity index (χ3n) is 1.98. The van der Waals surface area contributed by atoms with E-state index in [0.717, 1.165) is 10.9 Å². The molecule has 0 aliphatic heterocycles. The van der Waals surface area contributed by atoms with Crippen molar-refractivity contribution in [2.45, 2.75) is 0 Å². The van der Waals surface area contributed by atoms with E-state index < -0.39 is 0 Å². The number of pyridine rings is 1. The van der Waals surface area contributed by atoms with Gasteiger partial charge in [0.1, 0.15) is 0 Å². The van der Waals surface area contributed by atoms with Gasteiger partial charge in [-0.3, -0.25) is 0 Å². The first-order chi connectivity index (χ1) is 7.75. The molecule has 80 valence electrons. The second-order valence-corrected chi connectivity index (χ2v) is 3.20. The Kier molecular flexibility index (Phi) is 2.77. The van der Waals surface area contributed by atoms with Gasteiger partial charge in [-0.05, 0) is 12.1 Å². The van der Waals surface area contributed by atoms with E-state index in [4.69, 9.17) is 11.5 Å². The van der Waals surface area contributed by atoms with Crippen molar-refractivity contribution < 1.29 is 0 Å². The molecule has 16 heavy (non-hydrogen) atoms. The Labute approximate surface area is 92.5 Å². The fourth-order valence-corrected chi connectivity index (χ4v) is 1.31. The van der Waals surface area contributed by atoms with Crippen LogP contribution in [0.1, 0.15) is 5.69 Å². The fourth-order valence-electron chi connectivity index (χ4n) is 1.31. The van der Waals surface area contributed by atoms with Crippen molar-refractivity contribution in [3.63, 3.8) is 0 Å². The maximum absolute atomic E-state index is 5.14. The molecule has 0 bridgehead atoms. The standard InChI is InChI=1S/C11H11N5/c12-11(13)16-14-7-9-6-5-8-3-1-2-4-10(8)15-9/h1-7H,(H4,12,13,16). The van der Waals surface area contributed by atoms with Gasteiger partial charge in [-0.1, -0.05) is 24.3 Å². The van der Waals surface area contributed by atoms with E-state index in [9.17, 15) is 0 Å². The molecule has 1 heterocycles. The molecule has 0 aliphatic carbocycles. The fraction of sp³-hybridized carbons (Fsp3) is 0. The number of hydrogen-bond donors (Lipinski definition) is 2. The summed E-state index contributed by atoms with van der Waals surface area (Å²) in [6.07, 6.45) is 1.51.